The lowest BCUT2D eigenvalue weighted by Gasteiger charge is -2.13. The highest BCUT2D eigenvalue weighted by Gasteiger charge is 2.31. The topological polar surface area (TPSA) is 78.4 Å². The molecule has 1 saturated heterocycles. The lowest BCUT2D eigenvalue weighted by molar-refractivity contribution is -0.141. The molecule has 19 heavy (non-hydrogen) atoms. The number of carboxylic acids is 1. The van der Waals surface area contributed by atoms with E-state index >= 15 is 0 Å². The van der Waals surface area contributed by atoms with Crippen LogP contribution in [0.15, 0.2) is 12.1 Å². The molecule has 0 radical (unpaired) electrons. The maximum atomic E-state index is 11.4. The number of halogens is 1. The number of fused-ring (bicyclic) bond motifs is 1. The van der Waals surface area contributed by atoms with Crippen molar-refractivity contribution in [2.75, 3.05) is 11.9 Å². The minimum Gasteiger partial charge on any atom is -0.481 e. The van der Waals surface area contributed by atoms with Gasteiger partial charge in [0, 0.05) is 12.6 Å². The summed E-state index contributed by atoms with van der Waals surface area (Å²) in [6, 6.07) is 3.72. The van der Waals surface area contributed by atoms with E-state index in [1.165, 1.54) is 0 Å². The Morgan fingerprint density at radius 3 is 2.89 bits per heavy atom. The molecule has 2 aliphatic heterocycles. The van der Waals surface area contributed by atoms with Crippen LogP contribution in [0.4, 0.5) is 5.69 Å². The molecule has 100 valence electrons. The molecule has 1 aromatic carbocycles. The van der Waals surface area contributed by atoms with Crippen LogP contribution in [0.3, 0.4) is 0 Å². The first kappa shape index (κ1) is 12.4. The zero-order chi connectivity index (χ0) is 13.6. The Morgan fingerprint density at radius 1 is 1.42 bits per heavy atom. The first-order chi connectivity index (χ1) is 9.04. The number of aliphatic carboxylic acids is 1. The fourth-order valence-corrected chi connectivity index (χ4v) is 3.00. The lowest BCUT2D eigenvalue weighted by atomic mass is 9.98. The van der Waals surface area contributed by atoms with Gasteiger partial charge in [0.2, 0.25) is 5.91 Å². The number of nitrogens with one attached hydrogen (secondary N) is 2. The van der Waals surface area contributed by atoms with Gasteiger partial charge in [-0.15, -0.1) is 0 Å². The number of hydrogen-bond acceptors (Lipinski definition) is 3. The van der Waals surface area contributed by atoms with Crippen LogP contribution in [0, 0.1) is 5.92 Å². The molecule has 2 unspecified atom stereocenters. The van der Waals surface area contributed by atoms with Gasteiger partial charge in [-0.3, -0.25) is 9.59 Å². The summed E-state index contributed by atoms with van der Waals surface area (Å²) in [4.78, 5) is 22.3. The van der Waals surface area contributed by atoms with Gasteiger partial charge in [-0.1, -0.05) is 17.7 Å². The molecule has 5 nitrogen and oxygen atoms in total. The van der Waals surface area contributed by atoms with Gasteiger partial charge in [0.05, 0.1) is 23.0 Å². The van der Waals surface area contributed by atoms with Crippen molar-refractivity contribution in [2.45, 2.75) is 18.9 Å². The highest BCUT2D eigenvalue weighted by atomic mass is 35.5. The molecule has 0 spiro atoms. The second-order valence-corrected chi connectivity index (χ2v) is 5.40. The van der Waals surface area contributed by atoms with Crippen LogP contribution < -0.4 is 10.6 Å². The summed E-state index contributed by atoms with van der Waals surface area (Å²) in [6.07, 6.45) is 0.879. The van der Waals surface area contributed by atoms with Crippen molar-refractivity contribution < 1.29 is 14.7 Å². The van der Waals surface area contributed by atoms with Gasteiger partial charge in [-0.2, -0.15) is 0 Å². The quantitative estimate of drug-likeness (QED) is 0.768. The normalized spacial score (nSPS) is 25.2. The Kier molecular flexibility index (Phi) is 2.95. The molecule has 3 rings (SSSR count). The van der Waals surface area contributed by atoms with Crippen LogP contribution in [0.5, 0.6) is 0 Å². The number of rotatable bonds is 2. The van der Waals surface area contributed by atoms with Crippen LogP contribution in [-0.2, 0) is 16.0 Å². The molecule has 2 atom stereocenters. The number of carbonyl (C=O) groups excluding carboxylic acids is 1. The first-order valence-electron chi connectivity index (χ1n) is 6.13. The van der Waals surface area contributed by atoms with Crippen LogP contribution in [0.1, 0.15) is 23.6 Å². The van der Waals surface area contributed by atoms with Crippen LogP contribution >= 0.6 is 11.6 Å². The van der Waals surface area contributed by atoms with E-state index in [1.54, 1.807) is 6.07 Å². The molecule has 0 aliphatic carbocycles. The highest BCUT2D eigenvalue weighted by molar-refractivity contribution is 6.34. The van der Waals surface area contributed by atoms with E-state index in [2.05, 4.69) is 10.6 Å². The summed E-state index contributed by atoms with van der Waals surface area (Å²) < 4.78 is 0. The maximum absolute atomic E-state index is 11.4. The summed E-state index contributed by atoms with van der Waals surface area (Å²) in [5.41, 5.74) is 2.51. The molecule has 1 aromatic rings. The van der Waals surface area contributed by atoms with Crippen LogP contribution in [0.25, 0.3) is 0 Å². The van der Waals surface area contributed by atoms with E-state index in [1.807, 2.05) is 6.07 Å². The average molecular weight is 281 g/mol. The smallest absolute Gasteiger partial charge is 0.307 e. The average Bonchev–Trinajstić information content (AvgIpc) is 2.94. The fourth-order valence-electron chi connectivity index (χ4n) is 2.70. The monoisotopic (exact) mass is 280 g/mol. The van der Waals surface area contributed by atoms with Crippen molar-refractivity contribution in [3.63, 3.8) is 0 Å². The molecule has 0 aromatic heterocycles. The minimum atomic E-state index is -0.779. The Hall–Kier alpha value is -1.59. The van der Waals surface area contributed by atoms with E-state index in [4.69, 9.17) is 16.7 Å². The predicted octanol–water partition coefficient (Wildman–Crippen LogP) is 1.57. The number of hydrogen-bond donors (Lipinski definition) is 3. The summed E-state index contributed by atoms with van der Waals surface area (Å²) in [5.74, 6) is -1.20. The number of amides is 1. The Balaban J connectivity index is 1.87. The second kappa shape index (κ2) is 4.51. The number of carboxylic acid groups (broad SMARTS) is 1. The van der Waals surface area contributed by atoms with Crippen molar-refractivity contribution in [2.24, 2.45) is 5.92 Å². The SMILES string of the molecule is O=C1Cc2cc(C3CC(C(=O)O)CN3)cc(Cl)c2N1. The lowest BCUT2D eigenvalue weighted by Crippen LogP contribution is -2.17. The van der Waals surface area contributed by atoms with Gasteiger partial charge in [0.1, 0.15) is 0 Å². The fraction of sp³-hybridized carbons (Fsp3) is 0.385. The molecule has 0 bridgehead atoms. The standard InChI is InChI=1S/C13H13ClN2O3/c14-9-2-6(1-7-4-11(17)16-12(7)9)10-3-8(5-15-10)13(18)19/h1-2,8,10,15H,3-5H2,(H,16,17)(H,18,19). The van der Waals surface area contributed by atoms with Gasteiger partial charge in [-0.25, -0.2) is 0 Å². The third kappa shape index (κ3) is 2.19. The molecule has 2 aliphatic rings. The zero-order valence-electron chi connectivity index (χ0n) is 10.1. The first-order valence-corrected chi connectivity index (χ1v) is 6.50. The Labute approximate surface area is 114 Å². The predicted molar refractivity (Wildman–Crippen MR) is 70.3 cm³/mol. The highest BCUT2D eigenvalue weighted by Crippen LogP contribution is 2.36. The summed E-state index contributed by atoms with van der Waals surface area (Å²) in [5, 5.41) is 15.4. The van der Waals surface area contributed by atoms with E-state index in [-0.39, 0.29) is 17.9 Å². The van der Waals surface area contributed by atoms with E-state index in [0.717, 1.165) is 11.1 Å². The second-order valence-electron chi connectivity index (χ2n) is 4.99. The molecular formula is C13H13ClN2O3. The van der Waals surface area contributed by atoms with Crippen molar-refractivity contribution in [1.29, 1.82) is 0 Å². The molecule has 3 N–H and O–H groups in total. The van der Waals surface area contributed by atoms with Crippen molar-refractivity contribution >= 4 is 29.2 Å². The molecule has 1 fully saturated rings. The van der Waals surface area contributed by atoms with E-state index < -0.39 is 5.97 Å². The third-order valence-electron chi connectivity index (χ3n) is 3.69. The summed E-state index contributed by atoms with van der Waals surface area (Å²) in [6.45, 7) is 0.464. The number of carbonyl (C=O) groups is 2. The molecule has 2 heterocycles. The Bertz CT molecular complexity index is 573. The molecule has 0 saturated carbocycles. The number of anilines is 1. The van der Waals surface area contributed by atoms with Crippen molar-refractivity contribution in [3.8, 4) is 0 Å². The van der Waals surface area contributed by atoms with Gasteiger partial charge in [0.15, 0.2) is 0 Å². The third-order valence-corrected chi connectivity index (χ3v) is 3.99. The Morgan fingerprint density at radius 2 is 2.21 bits per heavy atom. The van der Waals surface area contributed by atoms with Gasteiger partial charge in [0.25, 0.3) is 0 Å². The van der Waals surface area contributed by atoms with E-state index in [9.17, 15) is 9.59 Å². The zero-order valence-corrected chi connectivity index (χ0v) is 10.8. The molecule has 1 amide bonds. The van der Waals surface area contributed by atoms with Gasteiger partial charge < -0.3 is 15.7 Å². The van der Waals surface area contributed by atoms with Gasteiger partial charge >= 0.3 is 5.97 Å². The van der Waals surface area contributed by atoms with Crippen molar-refractivity contribution in [3.05, 3.63) is 28.3 Å². The van der Waals surface area contributed by atoms with Crippen molar-refractivity contribution in [1.82, 2.24) is 5.32 Å². The summed E-state index contributed by atoms with van der Waals surface area (Å²) >= 11 is 6.16. The van der Waals surface area contributed by atoms with E-state index in [0.29, 0.717) is 30.1 Å². The van der Waals surface area contributed by atoms with Crippen LogP contribution in [-0.4, -0.2) is 23.5 Å². The number of benzene rings is 1. The molecular weight excluding hydrogens is 268 g/mol. The largest absolute Gasteiger partial charge is 0.481 e. The summed E-state index contributed by atoms with van der Waals surface area (Å²) in [7, 11) is 0. The maximum Gasteiger partial charge on any atom is 0.307 e. The van der Waals surface area contributed by atoms with Crippen LogP contribution in [0.2, 0.25) is 5.02 Å². The molecule has 6 heteroatoms. The van der Waals surface area contributed by atoms with Gasteiger partial charge in [-0.05, 0) is 23.6 Å². The minimum absolute atomic E-state index is 0.0143.